The average Bonchev–Trinajstić information content (AvgIpc) is 2.55. The van der Waals surface area contributed by atoms with E-state index in [1.165, 1.54) is 0 Å². The average molecular weight is 430 g/mol. The molecule has 1 aliphatic rings. The number of hydrogen-bond acceptors (Lipinski definition) is 8. The summed E-state index contributed by atoms with van der Waals surface area (Å²) in [5.74, 6) is -3.20. The van der Waals surface area contributed by atoms with Gasteiger partial charge in [0.15, 0.2) is 0 Å². The fourth-order valence-corrected chi connectivity index (χ4v) is 2.19. The summed E-state index contributed by atoms with van der Waals surface area (Å²) in [6.45, 7) is 15.2. The van der Waals surface area contributed by atoms with Gasteiger partial charge in [-0.15, -0.1) is 6.58 Å². The van der Waals surface area contributed by atoms with Gasteiger partial charge >= 0.3 is 23.9 Å². The highest BCUT2D eigenvalue weighted by Gasteiger charge is 2.34. The van der Waals surface area contributed by atoms with E-state index in [1.54, 1.807) is 47.6 Å². The minimum atomic E-state index is -1.01. The first-order chi connectivity index (χ1) is 13.6. The number of esters is 3. The number of aliphatic carboxylic acids is 1. The van der Waals surface area contributed by atoms with E-state index >= 15 is 0 Å². The Balaban J connectivity index is 0.000000579. The van der Waals surface area contributed by atoms with E-state index in [-0.39, 0.29) is 37.2 Å². The molecule has 1 heterocycles. The zero-order chi connectivity index (χ0) is 23.5. The molecule has 1 aliphatic heterocycles. The van der Waals surface area contributed by atoms with Crippen LogP contribution in [0.25, 0.3) is 0 Å². The summed E-state index contributed by atoms with van der Waals surface area (Å²) in [6.07, 6.45) is 1.64. The largest absolute Gasteiger partial charge is 0.481 e. The summed E-state index contributed by atoms with van der Waals surface area (Å²) in [7, 11) is 0. The van der Waals surface area contributed by atoms with Crippen molar-refractivity contribution in [2.45, 2.75) is 65.6 Å². The standard InChI is InChI=1S/C12H21NO4.C9H14O4/c1-5-6-13-8-9(11(15)16)7-10(14)17-12(2,3)4;1-9(2,3)13-7(10)4-6-5-12-8(6)11/h5,9,13H,1,6-8H2,2-4H3,(H,15,16);6H,4-5H2,1-3H3/t9-;6-/m00/s1. The van der Waals surface area contributed by atoms with E-state index in [1.807, 2.05) is 0 Å². The van der Waals surface area contributed by atoms with Crippen LogP contribution in [0.4, 0.5) is 0 Å². The lowest BCUT2D eigenvalue weighted by Gasteiger charge is -2.25. The molecule has 172 valence electrons. The number of cyclic esters (lactones) is 1. The van der Waals surface area contributed by atoms with Gasteiger partial charge in [-0.1, -0.05) is 6.08 Å². The van der Waals surface area contributed by atoms with Gasteiger partial charge in [-0.2, -0.15) is 0 Å². The number of carbonyl (C=O) groups is 4. The molecule has 0 bridgehead atoms. The molecule has 1 saturated heterocycles. The number of rotatable bonds is 9. The highest BCUT2D eigenvalue weighted by Crippen LogP contribution is 2.19. The number of carbonyl (C=O) groups excluding carboxylic acids is 3. The van der Waals surface area contributed by atoms with Gasteiger partial charge < -0.3 is 24.6 Å². The lowest BCUT2D eigenvalue weighted by atomic mass is 10.0. The van der Waals surface area contributed by atoms with Crippen LogP contribution in [0.1, 0.15) is 54.4 Å². The SMILES string of the molecule is C=CCNC[C@H](CC(=O)OC(C)(C)C)C(=O)O.CC(C)(C)OC(=O)C[C@H]1COC1=O. The van der Waals surface area contributed by atoms with Crippen LogP contribution in [0.2, 0.25) is 0 Å². The van der Waals surface area contributed by atoms with Gasteiger partial charge in [-0.3, -0.25) is 19.2 Å². The molecule has 0 aromatic carbocycles. The first kappa shape index (κ1) is 27.6. The van der Waals surface area contributed by atoms with E-state index < -0.39 is 29.1 Å². The molecule has 0 saturated carbocycles. The molecule has 0 aromatic rings. The summed E-state index contributed by atoms with van der Waals surface area (Å²) < 4.78 is 14.6. The summed E-state index contributed by atoms with van der Waals surface area (Å²) >= 11 is 0. The monoisotopic (exact) mass is 429 g/mol. The molecule has 1 rings (SSSR count). The molecular formula is C21H35NO8. The van der Waals surface area contributed by atoms with Crippen molar-refractivity contribution in [3.63, 3.8) is 0 Å². The van der Waals surface area contributed by atoms with Gasteiger partial charge in [0.1, 0.15) is 23.7 Å². The Morgan fingerprint density at radius 3 is 2.07 bits per heavy atom. The Bertz CT molecular complexity index is 615. The van der Waals surface area contributed by atoms with Crippen LogP contribution in [0, 0.1) is 11.8 Å². The molecule has 0 spiro atoms. The molecule has 0 radical (unpaired) electrons. The first-order valence-corrected chi connectivity index (χ1v) is 9.79. The number of carboxylic acids is 1. The lowest BCUT2D eigenvalue weighted by molar-refractivity contribution is -0.176. The van der Waals surface area contributed by atoms with Crippen molar-refractivity contribution < 1.29 is 38.5 Å². The minimum absolute atomic E-state index is 0.128. The van der Waals surface area contributed by atoms with Crippen molar-refractivity contribution in [2.75, 3.05) is 19.7 Å². The van der Waals surface area contributed by atoms with Crippen molar-refractivity contribution in [1.29, 1.82) is 0 Å². The maximum Gasteiger partial charge on any atom is 0.313 e. The Morgan fingerprint density at radius 1 is 1.17 bits per heavy atom. The van der Waals surface area contributed by atoms with Crippen LogP contribution in [-0.2, 0) is 33.4 Å². The molecule has 9 nitrogen and oxygen atoms in total. The van der Waals surface area contributed by atoms with Crippen LogP contribution < -0.4 is 5.32 Å². The Labute approximate surface area is 178 Å². The number of ether oxygens (including phenoxy) is 3. The minimum Gasteiger partial charge on any atom is -0.481 e. The fraction of sp³-hybridized carbons (Fsp3) is 0.714. The maximum absolute atomic E-state index is 11.5. The first-order valence-electron chi connectivity index (χ1n) is 9.79. The van der Waals surface area contributed by atoms with E-state index in [0.717, 1.165) is 0 Å². The van der Waals surface area contributed by atoms with Gasteiger partial charge in [0, 0.05) is 13.1 Å². The number of nitrogens with one attached hydrogen (secondary N) is 1. The molecule has 1 fully saturated rings. The normalized spacial score (nSPS) is 16.7. The molecule has 2 N–H and O–H groups in total. The van der Waals surface area contributed by atoms with Gasteiger partial charge in [0.2, 0.25) is 0 Å². The van der Waals surface area contributed by atoms with Gasteiger partial charge in [-0.25, -0.2) is 0 Å². The summed E-state index contributed by atoms with van der Waals surface area (Å²) in [5, 5.41) is 11.8. The molecular weight excluding hydrogens is 394 g/mol. The van der Waals surface area contributed by atoms with E-state index in [0.29, 0.717) is 13.2 Å². The van der Waals surface area contributed by atoms with E-state index in [4.69, 9.17) is 14.6 Å². The van der Waals surface area contributed by atoms with Crippen LogP contribution in [0.3, 0.4) is 0 Å². The highest BCUT2D eigenvalue weighted by atomic mass is 16.6. The fourth-order valence-electron chi connectivity index (χ4n) is 2.19. The van der Waals surface area contributed by atoms with E-state index in [2.05, 4.69) is 16.6 Å². The third-order valence-corrected chi connectivity index (χ3v) is 3.45. The van der Waals surface area contributed by atoms with Crippen molar-refractivity contribution in [3.05, 3.63) is 12.7 Å². The molecule has 9 heteroatoms. The second-order valence-corrected chi connectivity index (χ2v) is 8.89. The van der Waals surface area contributed by atoms with Crippen molar-refractivity contribution in [2.24, 2.45) is 11.8 Å². The Morgan fingerprint density at radius 2 is 1.70 bits per heavy atom. The van der Waals surface area contributed by atoms with Crippen molar-refractivity contribution >= 4 is 23.9 Å². The van der Waals surface area contributed by atoms with Gasteiger partial charge in [0.05, 0.1) is 18.8 Å². The molecule has 2 atom stereocenters. The third-order valence-electron chi connectivity index (χ3n) is 3.45. The van der Waals surface area contributed by atoms with Crippen molar-refractivity contribution in [1.82, 2.24) is 5.32 Å². The van der Waals surface area contributed by atoms with Gasteiger partial charge in [0.25, 0.3) is 0 Å². The van der Waals surface area contributed by atoms with Crippen LogP contribution >= 0.6 is 0 Å². The summed E-state index contributed by atoms with van der Waals surface area (Å²) in [5.41, 5.74) is -1.07. The predicted molar refractivity (Wildman–Crippen MR) is 110 cm³/mol. The second-order valence-electron chi connectivity index (χ2n) is 8.89. The maximum atomic E-state index is 11.5. The van der Waals surface area contributed by atoms with Crippen molar-refractivity contribution in [3.8, 4) is 0 Å². The second kappa shape index (κ2) is 12.3. The smallest absolute Gasteiger partial charge is 0.313 e. The highest BCUT2D eigenvalue weighted by molar-refractivity contribution is 5.83. The Hall–Kier alpha value is -2.42. The van der Waals surface area contributed by atoms with Gasteiger partial charge in [-0.05, 0) is 41.5 Å². The van der Waals surface area contributed by atoms with Crippen LogP contribution in [0.5, 0.6) is 0 Å². The number of carboxylic acid groups (broad SMARTS) is 1. The molecule has 0 aliphatic carbocycles. The molecule has 0 unspecified atom stereocenters. The summed E-state index contributed by atoms with van der Waals surface area (Å²) in [4.78, 5) is 44.3. The third kappa shape index (κ3) is 13.7. The van der Waals surface area contributed by atoms with E-state index in [9.17, 15) is 19.2 Å². The topological polar surface area (TPSA) is 128 Å². The van der Waals surface area contributed by atoms with Crippen LogP contribution in [0.15, 0.2) is 12.7 Å². The summed E-state index contributed by atoms with van der Waals surface area (Å²) in [6, 6.07) is 0. The molecule has 0 aromatic heterocycles. The number of hydrogen-bond donors (Lipinski definition) is 2. The molecule has 0 amide bonds. The Kier molecular flexibility index (Phi) is 11.3. The van der Waals surface area contributed by atoms with Crippen LogP contribution in [-0.4, -0.2) is 59.9 Å². The quantitative estimate of drug-likeness (QED) is 0.245. The lowest BCUT2D eigenvalue weighted by Crippen LogP contribution is -2.37. The zero-order valence-electron chi connectivity index (χ0n) is 18.8. The zero-order valence-corrected chi connectivity index (χ0v) is 18.8. The molecule has 30 heavy (non-hydrogen) atoms. The predicted octanol–water partition coefficient (Wildman–Crippen LogP) is 2.09.